The summed E-state index contributed by atoms with van der Waals surface area (Å²) in [6.07, 6.45) is 2.27. The normalized spacial score (nSPS) is 24.7. The molecule has 2 fully saturated rings. The van der Waals surface area contributed by atoms with E-state index in [9.17, 15) is 14.4 Å². The number of nitrogens with zero attached hydrogens (tertiary/aromatic N) is 1. The zero-order chi connectivity index (χ0) is 18.7. The molecule has 3 atom stereocenters. The number of urea groups is 1. The van der Waals surface area contributed by atoms with Crippen LogP contribution in [0.15, 0.2) is 24.3 Å². The minimum Gasteiger partial charge on any atom is -0.481 e. The van der Waals surface area contributed by atoms with Crippen molar-refractivity contribution in [2.45, 2.75) is 26.2 Å². The highest BCUT2D eigenvalue weighted by Gasteiger charge is 2.50. The summed E-state index contributed by atoms with van der Waals surface area (Å²) in [7, 11) is 0. The first-order valence-electron chi connectivity index (χ1n) is 9.07. The van der Waals surface area contributed by atoms with E-state index in [1.54, 1.807) is 4.90 Å². The number of rotatable bonds is 5. The highest BCUT2D eigenvalue weighted by molar-refractivity contribution is 5.90. The number of aryl methyl sites for hydroxylation is 1. The fourth-order valence-corrected chi connectivity index (χ4v) is 3.46. The second-order valence-electron chi connectivity index (χ2n) is 7.28. The van der Waals surface area contributed by atoms with Gasteiger partial charge >= 0.3 is 12.0 Å². The highest BCUT2D eigenvalue weighted by atomic mass is 16.4. The van der Waals surface area contributed by atoms with Crippen molar-refractivity contribution in [3.63, 3.8) is 0 Å². The average molecular weight is 359 g/mol. The van der Waals surface area contributed by atoms with Crippen LogP contribution < -0.4 is 10.6 Å². The molecular weight excluding hydrogens is 334 g/mol. The molecule has 2 aliphatic rings. The largest absolute Gasteiger partial charge is 0.481 e. The van der Waals surface area contributed by atoms with Gasteiger partial charge in [0.2, 0.25) is 5.91 Å². The number of carboxylic acids is 1. The summed E-state index contributed by atoms with van der Waals surface area (Å²) >= 11 is 0. The van der Waals surface area contributed by atoms with Crippen molar-refractivity contribution in [1.29, 1.82) is 0 Å². The zero-order valence-corrected chi connectivity index (χ0v) is 14.9. The number of hydrogen-bond donors (Lipinski definition) is 3. The minimum atomic E-state index is -0.883. The van der Waals surface area contributed by atoms with Gasteiger partial charge in [-0.25, -0.2) is 4.79 Å². The van der Waals surface area contributed by atoms with E-state index in [1.807, 2.05) is 31.2 Å². The highest BCUT2D eigenvalue weighted by Crippen LogP contribution is 2.40. The van der Waals surface area contributed by atoms with Gasteiger partial charge in [-0.1, -0.05) is 17.7 Å². The first kappa shape index (κ1) is 18.2. The van der Waals surface area contributed by atoms with Gasteiger partial charge in [0.15, 0.2) is 0 Å². The zero-order valence-electron chi connectivity index (χ0n) is 14.9. The summed E-state index contributed by atoms with van der Waals surface area (Å²) in [4.78, 5) is 37.1. The Balaban J connectivity index is 1.43. The molecule has 0 spiro atoms. The van der Waals surface area contributed by atoms with Crippen LogP contribution in [-0.4, -0.2) is 47.5 Å². The summed E-state index contributed by atoms with van der Waals surface area (Å²) in [6.45, 7) is 3.73. The molecule has 1 aliphatic carbocycles. The van der Waals surface area contributed by atoms with Gasteiger partial charge in [0.25, 0.3) is 0 Å². The molecular formula is C19H25N3O4. The fourth-order valence-electron chi connectivity index (χ4n) is 3.46. The van der Waals surface area contributed by atoms with Gasteiger partial charge in [-0.15, -0.1) is 0 Å². The lowest BCUT2D eigenvalue weighted by Gasteiger charge is -2.33. The number of likely N-dealkylation sites (tertiary alicyclic amines) is 1. The molecule has 1 aromatic carbocycles. The van der Waals surface area contributed by atoms with Crippen LogP contribution in [0.4, 0.5) is 10.5 Å². The molecule has 0 bridgehead atoms. The molecule has 0 radical (unpaired) electrons. The molecule has 1 heterocycles. The molecule has 26 heavy (non-hydrogen) atoms. The van der Waals surface area contributed by atoms with Gasteiger partial charge in [0, 0.05) is 25.3 Å². The molecule has 7 heteroatoms. The topological polar surface area (TPSA) is 98.7 Å². The standard InChI is InChI=1S/C19H25N3O4/c1-12-4-6-14(7-5-12)21-19(26)20-10-13-3-2-8-22(11-13)17(23)15-9-16(15)18(24)25/h4-7,13,15-16H,2-3,8-11H2,1H3,(H,24,25)(H2,20,21,26). The Bertz CT molecular complexity index is 689. The summed E-state index contributed by atoms with van der Waals surface area (Å²) in [6, 6.07) is 7.31. The van der Waals surface area contributed by atoms with Crippen molar-refractivity contribution in [2.24, 2.45) is 17.8 Å². The first-order valence-corrected chi connectivity index (χ1v) is 9.07. The Morgan fingerprint density at radius 1 is 1.19 bits per heavy atom. The molecule has 3 rings (SSSR count). The number of carbonyl (C=O) groups excluding carboxylic acids is 2. The average Bonchev–Trinajstić information content (AvgIpc) is 3.43. The molecule has 1 aromatic rings. The summed E-state index contributed by atoms with van der Waals surface area (Å²) < 4.78 is 0. The first-order chi connectivity index (χ1) is 12.4. The molecule has 3 N–H and O–H groups in total. The lowest BCUT2D eigenvalue weighted by atomic mass is 9.97. The molecule has 1 saturated carbocycles. The lowest BCUT2D eigenvalue weighted by Crippen LogP contribution is -2.45. The van der Waals surface area contributed by atoms with Gasteiger partial charge in [0.05, 0.1) is 11.8 Å². The summed E-state index contributed by atoms with van der Waals surface area (Å²) in [5.41, 5.74) is 1.87. The van der Waals surface area contributed by atoms with Gasteiger partial charge in [-0.2, -0.15) is 0 Å². The van der Waals surface area contributed by atoms with Crippen molar-refractivity contribution in [3.8, 4) is 0 Å². The molecule has 7 nitrogen and oxygen atoms in total. The van der Waals surface area contributed by atoms with Crippen molar-refractivity contribution in [3.05, 3.63) is 29.8 Å². The predicted octanol–water partition coefficient (Wildman–Crippen LogP) is 2.08. The van der Waals surface area contributed by atoms with Crippen molar-refractivity contribution < 1.29 is 19.5 Å². The van der Waals surface area contributed by atoms with E-state index in [-0.39, 0.29) is 23.8 Å². The quantitative estimate of drug-likeness (QED) is 0.749. The predicted molar refractivity (Wildman–Crippen MR) is 96.7 cm³/mol. The Morgan fingerprint density at radius 3 is 2.58 bits per heavy atom. The van der Waals surface area contributed by atoms with Crippen LogP contribution in [0.2, 0.25) is 0 Å². The summed E-state index contributed by atoms with van der Waals surface area (Å²) in [5.74, 6) is -1.61. The van der Waals surface area contributed by atoms with Gasteiger partial charge in [-0.3, -0.25) is 9.59 Å². The maximum Gasteiger partial charge on any atom is 0.319 e. The number of piperidine rings is 1. The van der Waals surface area contributed by atoms with Gasteiger partial charge in [0.1, 0.15) is 0 Å². The lowest BCUT2D eigenvalue weighted by molar-refractivity contribution is -0.142. The van der Waals surface area contributed by atoms with E-state index in [0.29, 0.717) is 26.1 Å². The number of carbonyl (C=O) groups is 3. The van der Waals surface area contributed by atoms with Crippen molar-refractivity contribution in [2.75, 3.05) is 25.0 Å². The maximum absolute atomic E-state index is 12.4. The van der Waals surface area contributed by atoms with Crippen LogP contribution in [0.25, 0.3) is 0 Å². The number of anilines is 1. The van der Waals surface area contributed by atoms with E-state index >= 15 is 0 Å². The number of carboxylic acid groups (broad SMARTS) is 1. The Hall–Kier alpha value is -2.57. The van der Waals surface area contributed by atoms with E-state index < -0.39 is 11.9 Å². The minimum absolute atomic E-state index is 0.0498. The number of nitrogens with one attached hydrogen (secondary N) is 2. The third kappa shape index (κ3) is 4.53. The summed E-state index contributed by atoms with van der Waals surface area (Å²) in [5, 5.41) is 14.6. The van der Waals surface area contributed by atoms with Crippen LogP contribution in [0.3, 0.4) is 0 Å². The third-order valence-corrected chi connectivity index (χ3v) is 5.12. The Labute approximate surface area is 152 Å². The fraction of sp³-hybridized carbons (Fsp3) is 0.526. The Kier molecular flexibility index (Phi) is 5.44. The molecule has 140 valence electrons. The third-order valence-electron chi connectivity index (χ3n) is 5.12. The van der Waals surface area contributed by atoms with Crippen molar-refractivity contribution >= 4 is 23.6 Å². The number of benzene rings is 1. The molecule has 0 aromatic heterocycles. The monoisotopic (exact) mass is 359 g/mol. The smallest absolute Gasteiger partial charge is 0.319 e. The van der Waals surface area contributed by atoms with E-state index in [1.165, 1.54) is 0 Å². The van der Waals surface area contributed by atoms with Gasteiger partial charge in [-0.05, 0) is 44.2 Å². The van der Waals surface area contributed by atoms with Crippen molar-refractivity contribution in [1.82, 2.24) is 10.2 Å². The van der Waals surface area contributed by atoms with Crippen LogP contribution in [0.5, 0.6) is 0 Å². The van der Waals surface area contributed by atoms with Gasteiger partial charge < -0.3 is 20.6 Å². The molecule has 1 aliphatic heterocycles. The van der Waals surface area contributed by atoms with Crippen LogP contribution in [0, 0.1) is 24.7 Å². The second kappa shape index (κ2) is 7.76. The molecule has 3 amide bonds. The number of amides is 3. The van der Waals surface area contributed by atoms with Crippen LogP contribution in [0.1, 0.15) is 24.8 Å². The SMILES string of the molecule is Cc1ccc(NC(=O)NCC2CCCN(C(=O)C3CC3C(=O)O)C2)cc1. The van der Waals surface area contributed by atoms with Crippen LogP contribution in [-0.2, 0) is 9.59 Å². The number of aliphatic carboxylic acids is 1. The van der Waals surface area contributed by atoms with E-state index in [0.717, 1.165) is 24.1 Å². The maximum atomic E-state index is 12.4. The van der Waals surface area contributed by atoms with Crippen LogP contribution >= 0.6 is 0 Å². The van der Waals surface area contributed by atoms with E-state index in [4.69, 9.17) is 5.11 Å². The Morgan fingerprint density at radius 2 is 1.92 bits per heavy atom. The molecule has 1 saturated heterocycles. The number of hydrogen-bond acceptors (Lipinski definition) is 3. The van der Waals surface area contributed by atoms with E-state index in [2.05, 4.69) is 10.6 Å². The molecule has 3 unspecified atom stereocenters. The second-order valence-corrected chi connectivity index (χ2v) is 7.28.